The predicted octanol–water partition coefficient (Wildman–Crippen LogP) is 3.84. The van der Waals surface area contributed by atoms with Crippen LogP contribution in [0.4, 0.5) is 0 Å². The summed E-state index contributed by atoms with van der Waals surface area (Å²) in [6.07, 6.45) is 11.5. The van der Waals surface area contributed by atoms with Gasteiger partial charge in [-0.1, -0.05) is 6.07 Å². The topological polar surface area (TPSA) is 42.0 Å². The first kappa shape index (κ1) is 15.8. The summed E-state index contributed by atoms with van der Waals surface area (Å²) in [4.78, 5) is 16.2. The Morgan fingerprint density at radius 2 is 1.77 bits per heavy atom. The molecule has 0 aromatic carbocycles. The predicted molar refractivity (Wildman–Crippen MR) is 89.0 cm³/mol. The molecule has 4 fully saturated rings. The molecule has 22 heavy (non-hydrogen) atoms. The maximum atomic E-state index is 12.1. The second-order valence-electron chi connectivity index (χ2n) is 7.64. The fourth-order valence-electron chi connectivity index (χ4n) is 5.63. The van der Waals surface area contributed by atoms with Gasteiger partial charge in [-0.05, 0) is 80.2 Å². The van der Waals surface area contributed by atoms with Crippen molar-refractivity contribution < 1.29 is 4.79 Å². The van der Waals surface area contributed by atoms with Crippen molar-refractivity contribution in [2.24, 2.45) is 23.2 Å². The van der Waals surface area contributed by atoms with Gasteiger partial charge in [0.1, 0.15) is 5.69 Å². The number of carbonyl (C=O) groups is 1. The number of rotatable bonds is 4. The van der Waals surface area contributed by atoms with E-state index in [0.29, 0.717) is 11.1 Å². The second kappa shape index (κ2) is 6.19. The average molecular weight is 321 g/mol. The fourth-order valence-corrected chi connectivity index (χ4v) is 5.63. The van der Waals surface area contributed by atoms with Gasteiger partial charge < -0.3 is 5.32 Å². The Bertz CT molecular complexity index is 496. The lowest BCUT2D eigenvalue weighted by atomic mass is 9.49. The number of halogens is 1. The number of aromatic nitrogens is 1. The highest BCUT2D eigenvalue weighted by molar-refractivity contribution is 5.92. The van der Waals surface area contributed by atoms with E-state index in [-0.39, 0.29) is 18.3 Å². The van der Waals surface area contributed by atoms with Crippen molar-refractivity contribution in [1.29, 1.82) is 0 Å². The highest BCUT2D eigenvalue weighted by atomic mass is 35.5. The summed E-state index contributed by atoms with van der Waals surface area (Å²) >= 11 is 0. The molecule has 4 aliphatic rings. The molecule has 1 aromatic rings. The van der Waals surface area contributed by atoms with Crippen molar-refractivity contribution in [1.82, 2.24) is 10.3 Å². The molecule has 0 radical (unpaired) electrons. The average Bonchev–Trinajstić information content (AvgIpc) is 2.46. The first-order chi connectivity index (χ1) is 10.2. The van der Waals surface area contributed by atoms with Gasteiger partial charge in [-0.25, -0.2) is 0 Å². The van der Waals surface area contributed by atoms with Gasteiger partial charge in [-0.3, -0.25) is 9.78 Å². The number of carbonyl (C=O) groups excluding carboxylic acids is 1. The molecule has 1 N–H and O–H groups in total. The summed E-state index contributed by atoms with van der Waals surface area (Å²) in [5.41, 5.74) is 1.08. The van der Waals surface area contributed by atoms with Gasteiger partial charge in [0.05, 0.1) is 0 Å². The van der Waals surface area contributed by atoms with Gasteiger partial charge in [0.2, 0.25) is 0 Å². The zero-order valence-electron chi connectivity index (χ0n) is 13.0. The van der Waals surface area contributed by atoms with E-state index in [1.54, 1.807) is 12.3 Å². The van der Waals surface area contributed by atoms with Crippen LogP contribution in [0.3, 0.4) is 0 Å². The second-order valence-corrected chi connectivity index (χ2v) is 7.64. The molecule has 0 atom stereocenters. The molecule has 0 spiro atoms. The van der Waals surface area contributed by atoms with Gasteiger partial charge in [0.15, 0.2) is 0 Å². The van der Waals surface area contributed by atoms with Crippen LogP contribution < -0.4 is 5.32 Å². The van der Waals surface area contributed by atoms with Crippen LogP contribution in [0.5, 0.6) is 0 Å². The number of nitrogens with one attached hydrogen (secondary N) is 1. The Kier molecular flexibility index (Phi) is 4.44. The van der Waals surface area contributed by atoms with Gasteiger partial charge in [-0.15, -0.1) is 12.4 Å². The third-order valence-corrected chi connectivity index (χ3v) is 6.00. The van der Waals surface area contributed by atoms with E-state index in [2.05, 4.69) is 10.3 Å². The molecule has 1 amide bonds. The number of nitrogens with zero attached hydrogens (tertiary/aromatic N) is 1. The Balaban J connectivity index is 0.00000144. The van der Waals surface area contributed by atoms with E-state index in [1.165, 1.54) is 38.5 Å². The molecule has 4 saturated carbocycles. The number of amides is 1. The lowest BCUT2D eigenvalue weighted by Gasteiger charge is -2.57. The summed E-state index contributed by atoms with van der Waals surface area (Å²) in [5, 5.41) is 3.07. The number of hydrogen-bond acceptors (Lipinski definition) is 2. The third kappa shape index (κ3) is 3.01. The van der Waals surface area contributed by atoms with Crippen molar-refractivity contribution in [3.63, 3.8) is 0 Å². The molecule has 4 aliphatic carbocycles. The minimum absolute atomic E-state index is 0. The molecule has 3 nitrogen and oxygen atoms in total. The lowest BCUT2D eigenvalue weighted by molar-refractivity contribution is -0.0564. The van der Waals surface area contributed by atoms with Crippen molar-refractivity contribution in [2.75, 3.05) is 6.54 Å². The lowest BCUT2D eigenvalue weighted by Crippen LogP contribution is -2.47. The number of hydrogen-bond donors (Lipinski definition) is 1. The van der Waals surface area contributed by atoms with Crippen LogP contribution in [0.1, 0.15) is 55.4 Å². The summed E-state index contributed by atoms with van der Waals surface area (Å²) in [7, 11) is 0. The van der Waals surface area contributed by atoms with Crippen LogP contribution >= 0.6 is 12.4 Å². The summed E-state index contributed by atoms with van der Waals surface area (Å²) in [6.45, 7) is 0.807. The fraction of sp³-hybridized carbons (Fsp3) is 0.667. The smallest absolute Gasteiger partial charge is 0.269 e. The molecule has 1 heterocycles. The molecule has 120 valence electrons. The van der Waals surface area contributed by atoms with Crippen molar-refractivity contribution in [3.8, 4) is 0 Å². The molecule has 4 bridgehead atoms. The molecule has 0 aliphatic heterocycles. The zero-order valence-corrected chi connectivity index (χ0v) is 13.8. The highest BCUT2D eigenvalue weighted by Gasteiger charge is 2.50. The standard InChI is InChI=1S/C18H24N2O.ClH/c21-17(16-3-1-2-5-19-16)20-6-4-18-10-13-7-14(11-18)9-15(8-13)12-18;/h1-3,5,13-15H,4,6-12H2,(H,20,21);1H. The molecular weight excluding hydrogens is 296 g/mol. The van der Waals surface area contributed by atoms with Crippen LogP contribution in [0.15, 0.2) is 24.4 Å². The minimum atomic E-state index is -0.0275. The molecule has 0 saturated heterocycles. The SMILES string of the molecule is Cl.O=C(NCCC12CC3CC(CC(C3)C1)C2)c1ccccn1. The Hall–Kier alpha value is -1.09. The van der Waals surface area contributed by atoms with E-state index in [0.717, 1.165) is 30.7 Å². The van der Waals surface area contributed by atoms with Crippen LogP contribution in [0.2, 0.25) is 0 Å². The number of pyridine rings is 1. The summed E-state index contributed by atoms with van der Waals surface area (Å²) in [6, 6.07) is 5.48. The Labute approximate surface area is 138 Å². The first-order valence-corrected chi connectivity index (χ1v) is 8.42. The van der Waals surface area contributed by atoms with Crippen LogP contribution in [0, 0.1) is 23.2 Å². The molecule has 0 unspecified atom stereocenters. The third-order valence-electron chi connectivity index (χ3n) is 6.00. The maximum Gasteiger partial charge on any atom is 0.269 e. The van der Waals surface area contributed by atoms with Crippen LogP contribution in [-0.4, -0.2) is 17.4 Å². The van der Waals surface area contributed by atoms with E-state index in [9.17, 15) is 4.79 Å². The van der Waals surface area contributed by atoms with Crippen LogP contribution in [0.25, 0.3) is 0 Å². The minimum Gasteiger partial charge on any atom is -0.351 e. The molecular formula is C18H25ClN2O. The quantitative estimate of drug-likeness (QED) is 0.915. The van der Waals surface area contributed by atoms with E-state index in [1.807, 2.05) is 12.1 Å². The van der Waals surface area contributed by atoms with Gasteiger partial charge >= 0.3 is 0 Å². The van der Waals surface area contributed by atoms with Crippen LogP contribution in [-0.2, 0) is 0 Å². The molecule has 1 aromatic heterocycles. The Morgan fingerprint density at radius 3 is 2.32 bits per heavy atom. The highest BCUT2D eigenvalue weighted by Crippen LogP contribution is 2.61. The monoisotopic (exact) mass is 320 g/mol. The largest absolute Gasteiger partial charge is 0.351 e. The first-order valence-electron chi connectivity index (χ1n) is 8.42. The van der Waals surface area contributed by atoms with Crippen molar-refractivity contribution in [3.05, 3.63) is 30.1 Å². The summed E-state index contributed by atoms with van der Waals surface area (Å²) < 4.78 is 0. The van der Waals surface area contributed by atoms with Crippen molar-refractivity contribution >= 4 is 18.3 Å². The summed E-state index contributed by atoms with van der Waals surface area (Å²) in [5.74, 6) is 2.94. The van der Waals surface area contributed by atoms with E-state index < -0.39 is 0 Å². The normalized spacial score (nSPS) is 35.0. The van der Waals surface area contributed by atoms with Gasteiger partial charge in [0.25, 0.3) is 5.91 Å². The van der Waals surface area contributed by atoms with E-state index in [4.69, 9.17) is 0 Å². The van der Waals surface area contributed by atoms with E-state index >= 15 is 0 Å². The maximum absolute atomic E-state index is 12.1. The van der Waals surface area contributed by atoms with Gasteiger partial charge in [-0.2, -0.15) is 0 Å². The Morgan fingerprint density at radius 1 is 1.14 bits per heavy atom. The molecule has 5 rings (SSSR count). The molecule has 4 heteroatoms. The van der Waals surface area contributed by atoms with Gasteiger partial charge in [0, 0.05) is 12.7 Å². The zero-order chi connectivity index (χ0) is 14.3. The van der Waals surface area contributed by atoms with Crippen molar-refractivity contribution in [2.45, 2.75) is 44.9 Å².